The highest BCUT2D eigenvalue weighted by atomic mass is 16.6. The van der Waals surface area contributed by atoms with E-state index in [1.54, 1.807) is 0 Å². The molecule has 4 heteroatoms. The van der Waals surface area contributed by atoms with Gasteiger partial charge in [0.25, 0.3) is 0 Å². The van der Waals surface area contributed by atoms with E-state index in [0.717, 1.165) is 32.1 Å². The summed E-state index contributed by atoms with van der Waals surface area (Å²) in [5.74, 6) is -0.422. The fourth-order valence-corrected chi connectivity index (χ4v) is 1.70. The highest BCUT2D eigenvalue weighted by Crippen LogP contribution is 2.09. The Morgan fingerprint density at radius 1 is 1.00 bits per heavy atom. The molecule has 0 aliphatic rings. The predicted molar refractivity (Wildman–Crippen MR) is 71.0 cm³/mol. The SMILES string of the molecule is CCCCCCCC(=O)OC(O)C(O)CCCC. The molecule has 0 radical (unpaired) electrons. The summed E-state index contributed by atoms with van der Waals surface area (Å²) in [6.07, 6.45) is 5.48. The number of unbranched alkanes of at least 4 members (excludes halogenated alkanes) is 5. The van der Waals surface area contributed by atoms with Crippen molar-refractivity contribution in [3.63, 3.8) is 0 Å². The van der Waals surface area contributed by atoms with E-state index in [2.05, 4.69) is 6.92 Å². The topological polar surface area (TPSA) is 66.8 Å². The van der Waals surface area contributed by atoms with Gasteiger partial charge in [0.15, 0.2) is 0 Å². The second-order valence-corrected chi connectivity index (χ2v) is 4.75. The maximum Gasteiger partial charge on any atom is 0.308 e. The van der Waals surface area contributed by atoms with Gasteiger partial charge in [-0.15, -0.1) is 0 Å². The molecule has 0 aromatic carbocycles. The lowest BCUT2D eigenvalue weighted by atomic mass is 10.1. The van der Waals surface area contributed by atoms with Gasteiger partial charge >= 0.3 is 5.97 Å². The van der Waals surface area contributed by atoms with Gasteiger partial charge in [0.05, 0.1) is 0 Å². The van der Waals surface area contributed by atoms with E-state index in [4.69, 9.17) is 4.74 Å². The molecule has 0 aromatic heterocycles. The Balaban J connectivity index is 3.60. The average molecular weight is 260 g/mol. The van der Waals surface area contributed by atoms with Crippen molar-refractivity contribution in [3.8, 4) is 0 Å². The first-order valence-electron chi connectivity index (χ1n) is 7.17. The molecule has 0 saturated carbocycles. The number of hydrogen-bond donors (Lipinski definition) is 2. The molecule has 0 aromatic rings. The molecule has 2 unspecified atom stereocenters. The second kappa shape index (κ2) is 11.5. The average Bonchev–Trinajstić information content (AvgIpc) is 2.35. The summed E-state index contributed by atoms with van der Waals surface area (Å²) in [5.41, 5.74) is 0. The fourth-order valence-electron chi connectivity index (χ4n) is 1.70. The Bertz CT molecular complexity index is 206. The van der Waals surface area contributed by atoms with Gasteiger partial charge in [0.2, 0.25) is 6.29 Å². The molecular formula is C14H28O4. The molecule has 108 valence electrons. The van der Waals surface area contributed by atoms with Gasteiger partial charge in [-0.2, -0.15) is 0 Å². The van der Waals surface area contributed by atoms with Crippen LogP contribution in [0.5, 0.6) is 0 Å². The monoisotopic (exact) mass is 260 g/mol. The fraction of sp³-hybridized carbons (Fsp3) is 0.929. The molecule has 0 fully saturated rings. The van der Waals surface area contributed by atoms with E-state index in [0.29, 0.717) is 12.8 Å². The highest BCUT2D eigenvalue weighted by Gasteiger charge is 2.19. The number of ether oxygens (including phenoxy) is 1. The predicted octanol–water partition coefficient (Wildman–Crippen LogP) is 2.76. The number of esters is 1. The minimum atomic E-state index is -1.38. The summed E-state index contributed by atoms with van der Waals surface area (Å²) >= 11 is 0. The molecule has 0 rings (SSSR count). The van der Waals surface area contributed by atoms with Crippen molar-refractivity contribution in [3.05, 3.63) is 0 Å². The van der Waals surface area contributed by atoms with Crippen molar-refractivity contribution in [2.45, 2.75) is 84.0 Å². The maximum atomic E-state index is 11.4. The van der Waals surface area contributed by atoms with Crippen LogP contribution in [0.2, 0.25) is 0 Å². The molecule has 0 spiro atoms. The third kappa shape index (κ3) is 9.42. The molecule has 0 saturated heterocycles. The van der Waals surface area contributed by atoms with Crippen LogP contribution in [0.4, 0.5) is 0 Å². The van der Waals surface area contributed by atoms with Gasteiger partial charge in [-0.1, -0.05) is 52.4 Å². The Hall–Kier alpha value is -0.610. The van der Waals surface area contributed by atoms with Gasteiger partial charge in [0, 0.05) is 6.42 Å². The number of carbonyl (C=O) groups is 1. The van der Waals surface area contributed by atoms with E-state index >= 15 is 0 Å². The largest absolute Gasteiger partial charge is 0.433 e. The van der Waals surface area contributed by atoms with Crippen LogP contribution >= 0.6 is 0 Å². The van der Waals surface area contributed by atoms with Crippen molar-refractivity contribution in [1.29, 1.82) is 0 Å². The van der Waals surface area contributed by atoms with Crippen LogP contribution < -0.4 is 0 Å². The van der Waals surface area contributed by atoms with Gasteiger partial charge in [-0.25, -0.2) is 0 Å². The first kappa shape index (κ1) is 17.4. The molecule has 2 N–H and O–H groups in total. The molecule has 4 nitrogen and oxygen atoms in total. The highest BCUT2D eigenvalue weighted by molar-refractivity contribution is 5.69. The quantitative estimate of drug-likeness (QED) is 0.340. The van der Waals surface area contributed by atoms with E-state index in [9.17, 15) is 15.0 Å². The van der Waals surface area contributed by atoms with Crippen LogP contribution in [0.3, 0.4) is 0 Å². The zero-order valence-electron chi connectivity index (χ0n) is 11.7. The van der Waals surface area contributed by atoms with Crippen LogP contribution in [-0.2, 0) is 9.53 Å². The zero-order valence-corrected chi connectivity index (χ0v) is 11.7. The summed E-state index contributed by atoms with van der Waals surface area (Å²) in [5, 5.41) is 19.0. The smallest absolute Gasteiger partial charge is 0.308 e. The van der Waals surface area contributed by atoms with Crippen molar-refractivity contribution < 1.29 is 19.7 Å². The summed E-state index contributed by atoms with van der Waals surface area (Å²) in [6, 6.07) is 0. The van der Waals surface area contributed by atoms with Crippen LogP contribution in [-0.4, -0.2) is 28.6 Å². The van der Waals surface area contributed by atoms with Crippen LogP contribution in [0, 0.1) is 0 Å². The van der Waals surface area contributed by atoms with Crippen LogP contribution in [0.1, 0.15) is 71.6 Å². The first-order chi connectivity index (χ1) is 8.61. The summed E-state index contributed by atoms with van der Waals surface area (Å²) in [6.45, 7) is 4.14. The molecular weight excluding hydrogens is 232 g/mol. The summed E-state index contributed by atoms with van der Waals surface area (Å²) in [7, 11) is 0. The normalized spacial score (nSPS) is 14.2. The molecule has 2 atom stereocenters. The Morgan fingerprint density at radius 2 is 1.61 bits per heavy atom. The molecule has 0 heterocycles. The third-order valence-corrected chi connectivity index (χ3v) is 2.92. The van der Waals surface area contributed by atoms with Gasteiger partial charge in [-0.3, -0.25) is 4.79 Å². The second-order valence-electron chi connectivity index (χ2n) is 4.75. The number of hydrogen-bond acceptors (Lipinski definition) is 4. The Labute approximate surface area is 110 Å². The van der Waals surface area contributed by atoms with Crippen molar-refractivity contribution in [2.24, 2.45) is 0 Å². The van der Waals surface area contributed by atoms with E-state index in [1.807, 2.05) is 6.92 Å². The Morgan fingerprint density at radius 3 is 2.22 bits per heavy atom. The lowest BCUT2D eigenvalue weighted by Gasteiger charge is -2.17. The molecule has 0 aliphatic carbocycles. The zero-order chi connectivity index (χ0) is 13.8. The molecule has 18 heavy (non-hydrogen) atoms. The number of aliphatic hydroxyl groups excluding tert-OH is 2. The van der Waals surface area contributed by atoms with Crippen molar-refractivity contribution in [2.75, 3.05) is 0 Å². The van der Waals surface area contributed by atoms with E-state index in [-0.39, 0.29) is 0 Å². The summed E-state index contributed by atoms with van der Waals surface area (Å²) < 4.78 is 4.78. The molecule has 0 amide bonds. The maximum absolute atomic E-state index is 11.4. The van der Waals surface area contributed by atoms with Gasteiger partial charge < -0.3 is 14.9 Å². The van der Waals surface area contributed by atoms with E-state index in [1.165, 1.54) is 12.8 Å². The number of carbonyl (C=O) groups excluding carboxylic acids is 1. The lowest BCUT2D eigenvalue weighted by molar-refractivity contribution is -0.187. The van der Waals surface area contributed by atoms with Crippen molar-refractivity contribution >= 4 is 5.97 Å². The van der Waals surface area contributed by atoms with Crippen molar-refractivity contribution in [1.82, 2.24) is 0 Å². The first-order valence-corrected chi connectivity index (χ1v) is 7.17. The van der Waals surface area contributed by atoms with E-state index < -0.39 is 18.4 Å². The van der Waals surface area contributed by atoms with Gasteiger partial charge in [-0.05, 0) is 12.8 Å². The number of aliphatic hydroxyl groups is 2. The minimum Gasteiger partial charge on any atom is -0.433 e. The summed E-state index contributed by atoms with van der Waals surface area (Å²) in [4.78, 5) is 11.4. The van der Waals surface area contributed by atoms with Crippen LogP contribution in [0.15, 0.2) is 0 Å². The van der Waals surface area contributed by atoms with Gasteiger partial charge in [0.1, 0.15) is 6.10 Å². The molecule has 0 aliphatic heterocycles. The van der Waals surface area contributed by atoms with Crippen LogP contribution in [0.25, 0.3) is 0 Å². The lowest BCUT2D eigenvalue weighted by Crippen LogP contribution is -2.30. The molecule has 0 bridgehead atoms. The third-order valence-electron chi connectivity index (χ3n) is 2.92. The number of rotatable bonds is 11. The Kier molecular flexibility index (Phi) is 11.1. The minimum absolute atomic E-state index is 0.321. The standard InChI is InChI=1S/C14H28O4/c1-3-5-7-8-9-11-13(16)18-14(17)12(15)10-6-4-2/h12,14-15,17H,3-11H2,1-2H3.